The lowest BCUT2D eigenvalue weighted by Crippen LogP contribution is -2.29. The summed E-state index contributed by atoms with van der Waals surface area (Å²) in [6.45, 7) is 34.2. The minimum absolute atomic E-state index is 0.309. The molecule has 95 heavy (non-hydrogen) atoms. The third-order valence-electron chi connectivity index (χ3n) is 19.2. The molecular weight excluding hydrogens is 1180 g/mol. The number of nitrogens with zero attached hydrogens (tertiary/aromatic N) is 6. The summed E-state index contributed by atoms with van der Waals surface area (Å²) in [6.07, 6.45) is 13.2. The average Bonchev–Trinajstić information content (AvgIpc) is 1.63. The number of thiophene rings is 1. The second-order valence-corrected chi connectivity index (χ2v) is 29.0. The summed E-state index contributed by atoms with van der Waals surface area (Å²) in [4.78, 5) is 0. The van der Waals surface area contributed by atoms with Gasteiger partial charge in [-0.05, 0) is 139 Å². The fourth-order valence-electron chi connectivity index (χ4n) is 14.3. The number of fused-ring (bicyclic) bond motifs is 6. The van der Waals surface area contributed by atoms with Crippen molar-refractivity contribution >= 4 is 53.4 Å². The number of para-hydroxylation sites is 1. The van der Waals surface area contributed by atoms with Crippen LogP contribution >= 0.6 is 11.3 Å². The van der Waals surface area contributed by atoms with Crippen LogP contribution in [0, 0.1) is 20.8 Å². The van der Waals surface area contributed by atoms with Crippen molar-refractivity contribution in [1.82, 2.24) is 13.7 Å². The van der Waals surface area contributed by atoms with Crippen LogP contribution in [-0.4, -0.2) is 13.7 Å². The predicted octanol–water partition coefficient (Wildman–Crippen LogP) is 22.5. The summed E-state index contributed by atoms with van der Waals surface area (Å²) in [5.41, 5.74) is 24.4. The molecule has 14 aromatic rings. The van der Waals surface area contributed by atoms with Gasteiger partial charge in [0, 0.05) is 64.3 Å². The maximum absolute atomic E-state index is 6.50. The van der Waals surface area contributed by atoms with Gasteiger partial charge in [0.25, 0.3) is 17.5 Å². The first-order chi connectivity index (χ1) is 45.6. The fourth-order valence-corrected chi connectivity index (χ4v) is 15.7. The van der Waals surface area contributed by atoms with E-state index in [-0.39, 0.29) is 0 Å². The van der Waals surface area contributed by atoms with Gasteiger partial charge in [-0.1, -0.05) is 204 Å². The van der Waals surface area contributed by atoms with Crippen LogP contribution in [-0.2, 0) is 21.1 Å². The number of hydrogen-bond donors (Lipinski definition) is 0. The molecule has 0 N–H and O–H groups in total. The third kappa shape index (κ3) is 12.3. The SMILES string of the molecule is Cc1ccccc1-c1n(-c2c(C(C)C)cc(-c3ccccc3)cc2C(C)C)cc[n+]1C.Cc1ccccc1-c1n(-c2c(C(C)C)cc3c(oc4ccccc43)c2C(C)C)cc[n+]1C.Cc1ccccc1-c1n(-c2c(C(C)C)cc3c(sc4ccccc43)c2C(C)C)cc[n+]1C. The van der Waals surface area contributed by atoms with E-state index in [0.717, 1.165) is 11.2 Å². The van der Waals surface area contributed by atoms with Crippen LogP contribution in [0.1, 0.15) is 169 Å². The lowest BCUT2D eigenvalue weighted by atomic mass is 9.88. The van der Waals surface area contributed by atoms with Crippen LogP contribution < -0.4 is 13.7 Å². The maximum Gasteiger partial charge on any atom is 0.294 e. The van der Waals surface area contributed by atoms with Gasteiger partial charge >= 0.3 is 0 Å². The van der Waals surface area contributed by atoms with E-state index >= 15 is 0 Å². The maximum atomic E-state index is 6.50. The highest BCUT2D eigenvalue weighted by atomic mass is 32.1. The highest BCUT2D eigenvalue weighted by Gasteiger charge is 2.33. The summed E-state index contributed by atoms with van der Waals surface area (Å²) in [6, 6.07) is 63.5. The van der Waals surface area contributed by atoms with Crippen LogP contribution in [0.4, 0.5) is 0 Å². The highest BCUT2D eigenvalue weighted by Crippen LogP contribution is 2.47. The Labute approximate surface area is 567 Å². The molecule has 5 heterocycles. The van der Waals surface area contributed by atoms with E-state index in [9.17, 15) is 0 Å². The summed E-state index contributed by atoms with van der Waals surface area (Å²) in [5.74, 6) is 5.97. The minimum Gasteiger partial charge on any atom is -0.456 e. The van der Waals surface area contributed by atoms with E-state index < -0.39 is 0 Å². The zero-order valence-corrected chi connectivity index (χ0v) is 60.0. The standard InChI is InChI=1S/C29H31N2O.C29H31N2S.C29H33N2/c2*1-18(2)23-17-24-22-13-9-10-14-25(22)32-28(24)26(19(3)4)27(23)31-16-15-30(6)29(31)21-12-8-7-11-20(21)5;1-20(2)26-18-24(23-13-8-7-9-14-23)19-27(21(3)4)28(26)31-17-16-30(6)29(31)25-15-11-10-12-22(25)5/h2*7-19H,1-6H3;7-21H,1-6H3/q3*+1. The Morgan fingerprint density at radius 3 is 1.18 bits per heavy atom. The van der Waals surface area contributed by atoms with E-state index in [0.29, 0.717) is 35.5 Å². The fraction of sp³-hybridized carbons (Fsp3) is 0.276. The molecule has 7 nitrogen and oxygen atoms in total. The van der Waals surface area contributed by atoms with E-state index in [4.69, 9.17) is 4.42 Å². The summed E-state index contributed by atoms with van der Waals surface area (Å²) < 4.78 is 23.2. The first-order valence-electron chi connectivity index (χ1n) is 34.2. The average molecular weight is 1270 g/mol. The summed E-state index contributed by atoms with van der Waals surface area (Å²) >= 11 is 1.94. The molecule has 0 fully saturated rings. The van der Waals surface area contributed by atoms with E-state index in [2.05, 4.69) is 359 Å². The zero-order chi connectivity index (χ0) is 67.3. The van der Waals surface area contributed by atoms with Crippen LogP contribution in [0.15, 0.2) is 218 Å². The third-order valence-corrected chi connectivity index (χ3v) is 20.4. The highest BCUT2D eigenvalue weighted by molar-refractivity contribution is 7.26. The Bertz CT molecular complexity index is 4860. The van der Waals surface area contributed by atoms with Crippen LogP contribution in [0.2, 0.25) is 0 Å². The van der Waals surface area contributed by atoms with Gasteiger partial charge in [-0.25, -0.2) is 13.7 Å². The van der Waals surface area contributed by atoms with Crippen molar-refractivity contribution in [3.8, 4) is 62.4 Å². The topological polar surface area (TPSA) is 39.6 Å². The molecule has 0 spiro atoms. The molecule has 0 unspecified atom stereocenters. The van der Waals surface area contributed by atoms with Crippen molar-refractivity contribution in [2.45, 2.75) is 139 Å². The van der Waals surface area contributed by atoms with Crippen molar-refractivity contribution in [1.29, 1.82) is 0 Å². The zero-order valence-electron chi connectivity index (χ0n) is 59.2. The Morgan fingerprint density at radius 2 is 0.726 bits per heavy atom. The Morgan fingerprint density at radius 1 is 0.347 bits per heavy atom. The van der Waals surface area contributed by atoms with E-state index in [1.807, 2.05) is 17.4 Å². The molecule has 14 rings (SSSR count). The largest absolute Gasteiger partial charge is 0.456 e. The monoisotopic (exact) mass is 1270 g/mol. The molecule has 8 heteroatoms. The number of rotatable bonds is 13. The summed E-state index contributed by atoms with van der Waals surface area (Å²) in [5, 5.41) is 5.18. The Kier molecular flexibility index (Phi) is 18.8. The predicted molar refractivity (Wildman–Crippen MR) is 401 cm³/mol. The molecule has 0 saturated carbocycles. The second-order valence-electron chi connectivity index (χ2n) is 28.0. The Hall–Kier alpha value is -9.37. The van der Waals surface area contributed by atoms with Gasteiger partial charge in [0.05, 0.1) is 37.8 Å². The van der Waals surface area contributed by atoms with Gasteiger partial charge in [0.2, 0.25) is 0 Å². The van der Waals surface area contributed by atoms with Crippen molar-refractivity contribution in [3.63, 3.8) is 0 Å². The lowest BCUT2D eigenvalue weighted by Gasteiger charge is -2.20. The smallest absolute Gasteiger partial charge is 0.294 e. The molecule has 0 aliphatic carbocycles. The van der Waals surface area contributed by atoms with E-state index in [1.54, 1.807) is 0 Å². The van der Waals surface area contributed by atoms with Crippen LogP contribution in [0.3, 0.4) is 0 Å². The molecule has 0 amide bonds. The van der Waals surface area contributed by atoms with Gasteiger partial charge in [0.1, 0.15) is 65.4 Å². The molecule has 0 radical (unpaired) electrons. The van der Waals surface area contributed by atoms with Gasteiger partial charge in [-0.15, -0.1) is 11.3 Å². The molecule has 0 aliphatic rings. The van der Waals surface area contributed by atoms with Crippen molar-refractivity contribution in [3.05, 3.63) is 263 Å². The lowest BCUT2D eigenvalue weighted by molar-refractivity contribution is -0.659. The van der Waals surface area contributed by atoms with Gasteiger partial charge in [0.15, 0.2) is 0 Å². The summed E-state index contributed by atoms with van der Waals surface area (Å²) in [7, 11) is 6.42. The van der Waals surface area contributed by atoms with Crippen molar-refractivity contribution in [2.24, 2.45) is 21.1 Å². The molecule has 0 bridgehead atoms. The molecule has 0 atom stereocenters. The van der Waals surface area contributed by atoms with Crippen LogP contribution in [0.5, 0.6) is 0 Å². The molecule has 0 aliphatic heterocycles. The number of imidazole rings is 3. The van der Waals surface area contributed by atoms with Crippen LogP contribution in [0.25, 0.3) is 104 Å². The first kappa shape index (κ1) is 65.7. The first-order valence-corrected chi connectivity index (χ1v) is 35.1. The molecule has 5 aromatic heterocycles. The second kappa shape index (κ2) is 27.2. The number of benzene rings is 9. The minimum atomic E-state index is 0.309. The number of furan rings is 1. The normalized spacial score (nSPS) is 11.8. The van der Waals surface area contributed by atoms with Gasteiger partial charge in [-0.3, -0.25) is 0 Å². The van der Waals surface area contributed by atoms with Crippen molar-refractivity contribution < 1.29 is 18.1 Å². The molecule has 0 saturated heterocycles. The quantitative estimate of drug-likeness (QED) is 0.106. The molecule has 9 aromatic carbocycles. The molecular formula is C87H95N6OS+3. The number of hydrogen-bond acceptors (Lipinski definition) is 2. The van der Waals surface area contributed by atoms with E-state index in [1.165, 1.54) is 143 Å². The number of aryl methyl sites for hydroxylation is 6. The van der Waals surface area contributed by atoms with Crippen molar-refractivity contribution in [2.75, 3.05) is 0 Å². The van der Waals surface area contributed by atoms with Gasteiger partial charge in [-0.2, -0.15) is 13.7 Å². The molecule has 482 valence electrons. The Balaban J connectivity index is 0.000000137. The number of aromatic nitrogens is 6. The van der Waals surface area contributed by atoms with Gasteiger partial charge < -0.3 is 4.42 Å².